The standard InChI is InChI=1S/C22H34N4O3S.HI/c1-22(2,3)29-21(27)26-17-10-11-18(26)15-16(14-17)25-20(23-4)24-12-13-30(28)19-8-6-5-7-9-19;/h5-9,16-18H,10-15H2,1-4H3,(H2,23,24,25);1H. The smallest absolute Gasteiger partial charge is 0.410 e. The highest BCUT2D eigenvalue weighted by Gasteiger charge is 2.45. The quantitative estimate of drug-likeness (QED) is 0.326. The van der Waals surface area contributed by atoms with Crippen LogP contribution in [-0.2, 0) is 15.5 Å². The van der Waals surface area contributed by atoms with Gasteiger partial charge in [0.05, 0.1) is 10.8 Å². The second-order valence-corrected chi connectivity index (χ2v) is 10.5. The van der Waals surface area contributed by atoms with Crippen molar-refractivity contribution < 1.29 is 13.7 Å². The molecule has 3 rings (SSSR count). The number of ether oxygens (including phenoxy) is 1. The highest BCUT2D eigenvalue weighted by molar-refractivity contribution is 14.0. The Morgan fingerprint density at radius 2 is 1.81 bits per heavy atom. The number of nitrogens with zero attached hydrogens (tertiary/aromatic N) is 2. The lowest BCUT2D eigenvalue weighted by Crippen LogP contribution is -2.55. The van der Waals surface area contributed by atoms with E-state index in [1.165, 1.54) is 0 Å². The lowest BCUT2D eigenvalue weighted by molar-refractivity contribution is 0.00545. The molecular formula is C22H35IN4O3S. The van der Waals surface area contributed by atoms with Crippen LogP contribution in [0.2, 0.25) is 0 Å². The number of hydrogen-bond donors (Lipinski definition) is 2. The predicted molar refractivity (Wildman–Crippen MR) is 136 cm³/mol. The van der Waals surface area contributed by atoms with Gasteiger partial charge in [0.2, 0.25) is 0 Å². The average molecular weight is 563 g/mol. The lowest BCUT2D eigenvalue weighted by atomic mass is 9.98. The van der Waals surface area contributed by atoms with Gasteiger partial charge < -0.3 is 20.3 Å². The summed E-state index contributed by atoms with van der Waals surface area (Å²) in [6, 6.07) is 10.2. The second kappa shape index (κ2) is 11.5. The zero-order valence-corrected chi connectivity index (χ0v) is 21.9. The van der Waals surface area contributed by atoms with E-state index < -0.39 is 16.4 Å². The Kier molecular flexibility index (Phi) is 9.60. The van der Waals surface area contributed by atoms with Crippen molar-refractivity contribution in [3.63, 3.8) is 0 Å². The summed E-state index contributed by atoms with van der Waals surface area (Å²) in [6.07, 6.45) is 3.60. The molecular weight excluding hydrogens is 527 g/mol. The normalized spacial score (nSPS) is 24.2. The third-order valence-electron chi connectivity index (χ3n) is 5.49. The number of amides is 1. The van der Waals surface area contributed by atoms with Gasteiger partial charge in [-0.05, 0) is 58.6 Å². The predicted octanol–water partition coefficient (Wildman–Crippen LogP) is 3.51. The summed E-state index contributed by atoms with van der Waals surface area (Å²) >= 11 is 0. The first-order chi connectivity index (χ1) is 14.3. The summed E-state index contributed by atoms with van der Waals surface area (Å²) in [5.74, 6) is 1.24. The number of carbonyl (C=O) groups excluding carboxylic acids is 1. The monoisotopic (exact) mass is 562 g/mol. The minimum absolute atomic E-state index is 0. The largest absolute Gasteiger partial charge is 0.444 e. The molecule has 0 saturated carbocycles. The molecule has 0 radical (unpaired) electrons. The van der Waals surface area contributed by atoms with Crippen LogP contribution in [0.15, 0.2) is 40.2 Å². The Morgan fingerprint density at radius 3 is 2.35 bits per heavy atom. The van der Waals surface area contributed by atoms with E-state index >= 15 is 0 Å². The van der Waals surface area contributed by atoms with Gasteiger partial charge in [0.15, 0.2) is 5.96 Å². The van der Waals surface area contributed by atoms with Crippen molar-refractivity contribution in [3.8, 4) is 0 Å². The molecule has 2 N–H and O–H groups in total. The molecule has 2 bridgehead atoms. The summed E-state index contributed by atoms with van der Waals surface area (Å²) in [5.41, 5.74) is -0.475. The van der Waals surface area contributed by atoms with E-state index in [2.05, 4.69) is 15.6 Å². The number of guanidine groups is 1. The molecule has 31 heavy (non-hydrogen) atoms. The van der Waals surface area contributed by atoms with Crippen LogP contribution in [0.4, 0.5) is 4.79 Å². The van der Waals surface area contributed by atoms with Gasteiger partial charge in [-0.3, -0.25) is 9.20 Å². The number of carbonyl (C=O) groups is 1. The van der Waals surface area contributed by atoms with Crippen molar-refractivity contribution in [2.75, 3.05) is 19.3 Å². The lowest BCUT2D eigenvalue weighted by Gasteiger charge is -2.40. The molecule has 174 valence electrons. The van der Waals surface area contributed by atoms with Crippen molar-refractivity contribution in [3.05, 3.63) is 30.3 Å². The molecule has 7 nitrogen and oxygen atoms in total. The van der Waals surface area contributed by atoms with Crippen LogP contribution in [0.3, 0.4) is 0 Å². The minimum atomic E-state index is -1.03. The molecule has 9 heteroatoms. The van der Waals surface area contributed by atoms with Crippen molar-refractivity contribution in [1.82, 2.24) is 15.5 Å². The van der Waals surface area contributed by atoms with Gasteiger partial charge in [0.25, 0.3) is 0 Å². The van der Waals surface area contributed by atoms with Crippen molar-refractivity contribution >= 4 is 46.8 Å². The fourth-order valence-electron chi connectivity index (χ4n) is 4.25. The van der Waals surface area contributed by atoms with Crippen molar-refractivity contribution in [1.29, 1.82) is 0 Å². The Labute approximate surface area is 205 Å². The van der Waals surface area contributed by atoms with Crippen LogP contribution in [-0.4, -0.2) is 64.2 Å². The van der Waals surface area contributed by atoms with E-state index in [0.29, 0.717) is 12.3 Å². The van der Waals surface area contributed by atoms with Gasteiger partial charge in [-0.25, -0.2) is 4.79 Å². The zero-order valence-electron chi connectivity index (χ0n) is 18.8. The van der Waals surface area contributed by atoms with Gasteiger partial charge >= 0.3 is 6.09 Å². The number of piperidine rings is 1. The van der Waals surface area contributed by atoms with Gasteiger partial charge in [0.1, 0.15) is 5.60 Å². The molecule has 0 aromatic heterocycles. The fourth-order valence-corrected chi connectivity index (χ4v) is 5.23. The Bertz CT molecular complexity index is 771. The number of halogens is 1. The molecule has 2 heterocycles. The second-order valence-electron chi connectivity index (χ2n) is 8.95. The summed E-state index contributed by atoms with van der Waals surface area (Å²) in [4.78, 5) is 19.7. The number of benzene rings is 1. The molecule has 1 amide bonds. The fraction of sp³-hybridized carbons (Fsp3) is 0.636. The molecule has 2 fully saturated rings. The third kappa shape index (κ3) is 7.34. The van der Waals surface area contributed by atoms with Crippen LogP contribution >= 0.6 is 24.0 Å². The van der Waals surface area contributed by atoms with E-state index in [4.69, 9.17) is 4.74 Å². The Morgan fingerprint density at radius 1 is 1.19 bits per heavy atom. The van der Waals surface area contributed by atoms with Crippen LogP contribution < -0.4 is 10.6 Å². The number of hydrogen-bond acceptors (Lipinski definition) is 4. The molecule has 3 atom stereocenters. The minimum Gasteiger partial charge on any atom is -0.444 e. The summed E-state index contributed by atoms with van der Waals surface area (Å²) in [7, 11) is 0.712. The summed E-state index contributed by atoms with van der Waals surface area (Å²) in [6.45, 7) is 6.29. The SMILES string of the molecule is CN=C(NCCS(=O)c1ccccc1)NC1CC2CCC(C1)N2C(=O)OC(C)(C)C.I. The Balaban J connectivity index is 0.00000341. The molecule has 1 aromatic rings. The summed E-state index contributed by atoms with van der Waals surface area (Å²) < 4.78 is 18.0. The molecule has 1 aromatic carbocycles. The molecule has 2 aliphatic rings. The first-order valence-corrected chi connectivity index (χ1v) is 12.0. The average Bonchev–Trinajstić information content (AvgIpc) is 2.97. The molecule has 2 saturated heterocycles. The first-order valence-electron chi connectivity index (χ1n) is 10.7. The maximum Gasteiger partial charge on any atom is 0.410 e. The number of fused-ring (bicyclic) bond motifs is 2. The van der Waals surface area contributed by atoms with E-state index in [0.717, 1.165) is 36.5 Å². The van der Waals surface area contributed by atoms with Gasteiger partial charge in [-0.1, -0.05) is 18.2 Å². The molecule has 0 aliphatic carbocycles. The third-order valence-corrected chi connectivity index (χ3v) is 6.86. The summed E-state index contributed by atoms with van der Waals surface area (Å²) in [5, 5.41) is 6.76. The van der Waals surface area contributed by atoms with Crippen LogP contribution in [0.1, 0.15) is 46.5 Å². The van der Waals surface area contributed by atoms with Crippen LogP contribution in [0.5, 0.6) is 0 Å². The van der Waals surface area contributed by atoms with Gasteiger partial charge in [0, 0.05) is 42.4 Å². The van der Waals surface area contributed by atoms with Crippen molar-refractivity contribution in [2.24, 2.45) is 4.99 Å². The van der Waals surface area contributed by atoms with E-state index in [-0.39, 0.29) is 48.2 Å². The number of nitrogens with one attached hydrogen (secondary N) is 2. The first kappa shape index (κ1) is 25.9. The molecule has 3 unspecified atom stereocenters. The van der Waals surface area contributed by atoms with Crippen LogP contribution in [0.25, 0.3) is 0 Å². The Hall–Kier alpha value is -1.36. The molecule has 0 spiro atoms. The molecule has 2 aliphatic heterocycles. The topological polar surface area (TPSA) is 83.0 Å². The van der Waals surface area contributed by atoms with Crippen molar-refractivity contribution in [2.45, 2.75) is 75.1 Å². The van der Waals surface area contributed by atoms with E-state index in [1.54, 1.807) is 7.05 Å². The highest BCUT2D eigenvalue weighted by atomic mass is 127. The zero-order chi connectivity index (χ0) is 21.7. The van der Waals surface area contributed by atoms with Gasteiger partial charge in [-0.2, -0.15) is 0 Å². The van der Waals surface area contributed by atoms with Crippen LogP contribution in [0, 0.1) is 0 Å². The van der Waals surface area contributed by atoms with E-state index in [9.17, 15) is 9.00 Å². The maximum absolute atomic E-state index is 12.6. The number of aliphatic imine (C=N–C) groups is 1. The maximum atomic E-state index is 12.6. The number of rotatable bonds is 5. The van der Waals surface area contributed by atoms with Gasteiger partial charge in [-0.15, -0.1) is 24.0 Å². The van der Waals surface area contributed by atoms with E-state index in [1.807, 2.05) is 56.0 Å². The highest BCUT2D eigenvalue weighted by Crippen LogP contribution is 2.36.